The molecule has 0 aliphatic heterocycles. The van der Waals surface area contributed by atoms with E-state index in [1.807, 2.05) is 30.3 Å². The van der Waals surface area contributed by atoms with Gasteiger partial charge in [-0.15, -0.1) is 11.3 Å². The van der Waals surface area contributed by atoms with Crippen LogP contribution in [0.4, 0.5) is 0 Å². The Balaban J connectivity index is 2.12. The summed E-state index contributed by atoms with van der Waals surface area (Å²) < 4.78 is 23.3. The van der Waals surface area contributed by atoms with E-state index in [0.717, 1.165) is 15.0 Å². The lowest BCUT2D eigenvalue weighted by Crippen LogP contribution is -2.13. The molecule has 2 heterocycles. The molecule has 0 atom stereocenters. The zero-order chi connectivity index (χ0) is 12.8. The van der Waals surface area contributed by atoms with E-state index in [1.54, 1.807) is 0 Å². The third kappa shape index (κ3) is 1.90. The van der Waals surface area contributed by atoms with E-state index < -0.39 is 10.0 Å². The van der Waals surface area contributed by atoms with Crippen molar-refractivity contribution in [3.05, 3.63) is 30.3 Å². The third-order valence-corrected chi connectivity index (χ3v) is 4.21. The predicted molar refractivity (Wildman–Crippen MR) is 68.6 cm³/mol. The van der Waals surface area contributed by atoms with Crippen LogP contribution < -0.4 is 5.14 Å². The van der Waals surface area contributed by atoms with E-state index in [0.29, 0.717) is 5.82 Å². The van der Waals surface area contributed by atoms with Crippen molar-refractivity contribution in [2.75, 3.05) is 0 Å². The van der Waals surface area contributed by atoms with Crippen molar-refractivity contribution >= 4 is 31.4 Å². The van der Waals surface area contributed by atoms with Crippen molar-refractivity contribution in [2.45, 2.75) is 5.16 Å². The lowest BCUT2D eigenvalue weighted by Gasteiger charge is -1.86. The number of aromatic nitrogens is 3. The zero-order valence-corrected chi connectivity index (χ0v) is 10.6. The summed E-state index contributed by atoms with van der Waals surface area (Å²) >= 11 is 1.49. The van der Waals surface area contributed by atoms with Gasteiger partial charge in [-0.05, 0) is 17.5 Å². The molecule has 1 aromatic carbocycles. The highest BCUT2D eigenvalue weighted by molar-refractivity contribution is 7.89. The molecule has 0 unspecified atom stereocenters. The molecule has 0 amide bonds. The fourth-order valence-electron chi connectivity index (χ4n) is 1.58. The fourth-order valence-corrected chi connectivity index (χ4v) is 2.96. The molecule has 92 valence electrons. The van der Waals surface area contributed by atoms with Gasteiger partial charge in [-0.25, -0.2) is 18.7 Å². The van der Waals surface area contributed by atoms with Crippen LogP contribution in [0.2, 0.25) is 0 Å². The lowest BCUT2D eigenvalue weighted by atomic mass is 10.2. The Morgan fingerprint density at radius 1 is 1.28 bits per heavy atom. The summed E-state index contributed by atoms with van der Waals surface area (Å²) in [6, 6.07) is 9.75. The number of rotatable bonds is 2. The summed E-state index contributed by atoms with van der Waals surface area (Å²) in [5.41, 5.74) is 0. The Morgan fingerprint density at radius 3 is 2.72 bits per heavy atom. The maximum Gasteiger partial charge on any atom is 0.273 e. The van der Waals surface area contributed by atoms with Crippen LogP contribution in [0.3, 0.4) is 0 Å². The zero-order valence-electron chi connectivity index (χ0n) is 8.99. The Labute approximate surface area is 107 Å². The highest BCUT2D eigenvalue weighted by Gasteiger charge is 2.16. The lowest BCUT2D eigenvalue weighted by molar-refractivity contribution is 0.589. The highest BCUT2D eigenvalue weighted by atomic mass is 32.2. The summed E-state index contributed by atoms with van der Waals surface area (Å²) in [5, 5.41) is 11.9. The molecule has 6 nitrogen and oxygen atoms in total. The number of H-pyrrole nitrogens is 1. The van der Waals surface area contributed by atoms with E-state index in [-0.39, 0.29) is 5.16 Å². The molecule has 0 aliphatic rings. The number of benzene rings is 1. The van der Waals surface area contributed by atoms with Gasteiger partial charge in [0.05, 0.1) is 4.88 Å². The van der Waals surface area contributed by atoms with Gasteiger partial charge < -0.3 is 0 Å². The Kier molecular flexibility index (Phi) is 2.44. The third-order valence-electron chi connectivity index (χ3n) is 2.38. The summed E-state index contributed by atoms with van der Waals surface area (Å²) in [7, 11) is -3.84. The first-order valence-electron chi connectivity index (χ1n) is 4.98. The van der Waals surface area contributed by atoms with Crippen molar-refractivity contribution in [3.8, 4) is 10.7 Å². The SMILES string of the molecule is NS(=O)(=O)c1nc(-c2cc3ccccc3s2)n[nH]1. The van der Waals surface area contributed by atoms with Crippen LogP contribution in [0.25, 0.3) is 20.8 Å². The number of thiophene rings is 1. The molecule has 0 saturated heterocycles. The molecule has 0 aliphatic carbocycles. The quantitative estimate of drug-likeness (QED) is 0.739. The summed E-state index contributed by atoms with van der Waals surface area (Å²) in [4.78, 5) is 4.67. The molecule has 3 rings (SSSR count). The van der Waals surface area contributed by atoms with Crippen LogP contribution in [-0.4, -0.2) is 23.6 Å². The van der Waals surface area contributed by atoms with E-state index in [1.165, 1.54) is 11.3 Å². The first kappa shape index (κ1) is 11.3. The summed E-state index contributed by atoms with van der Waals surface area (Å²) in [6.45, 7) is 0. The number of nitrogens with zero attached hydrogens (tertiary/aromatic N) is 2. The van der Waals surface area contributed by atoms with E-state index in [2.05, 4.69) is 15.2 Å². The number of hydrogen-bond acceptors (Lipinski definition) is 5. The minimum Gasteiger partial charge on any atom is -0.248 e. The smallest absolute Gasteiger partial charge is 0.248 e. The van der Waals surface area contributed by atoms with Gasteiger partial charge >= 0.3 is 0 Å². The van der Waals surface area contributed by atoms with Crippen molar-refractivity contribution in [1.29, 1.82) is 0 Å². The van der Waals surface area contributed by atoms with Crippen LogP contribution in [0.5, 0.6) is 0 Å². The number of nitrogens with two attached hydrogens (primary N) is 1. The van der Waals surface area contributed by atoms with Gasteiger partial charge in [0.2, 0.25) is 0 Å². The van der Waals surface area contributed by atoms with Gasteiger partial charge in [-0.1, -0.05) is 18.2 Å². The second-order valence-corrected chi connectivity index (χ2v) is 6.22. The standard InChI is InChI=1S/C10H8N4O2S2/c11-18(15,16)10-12-9(13-14-10)8-5-6-3-1-2-4-7(6)17-8/h1-5H,(H2,11,15,16)(H,12,13,14). The Bertz CT molecular complexity index is 786. The highest BCUT2D eigenvalue weighted by Crippen LogP contribution is 2.31. The molecule has 0 bridgehead atoms. The van der Waals surface area contributed by atoms with E-state index in [9.17, 15) is 8.42 Å². The fraction of sp³-hybridized carbons (Fsp3) is 0. The van der Waals surface area contributed by atoms with Crippen LogP contribution in [0.15, 0.2) is 35.5 Å². The minimum absolute atomic E-state index is 0.324. The number of sulfonamides is 1. The van der Waals surface area contributed by atoms with Crippen molar-refractivity contribution in [3.63, 3.8) is 0 Å². The Hall–Kier alpha value is -1.77. The number of primary sulfonamides is 1. The van der Waals surface area contributed by atoms with Crippen LogP contribution in [0.1, 0.15) is 0 Å². The minimum atomic E-state index is -3.84. The second-order valence-electron chi connectivity index (χ2n) is 3.66. The molecule has 0 radical (unpaired) electrons. The largest absolute Gasteiger partial charge is 0.273 e. The summed E-state index contributed by atoms with van der Waals surface area (Å²) in [6.07, 6.45) is 0. The molecule has 18 heavy (non-hydrogen) atoms. The molecular weight excluding hydrogens is 272 g/mol. The predicted octanol–water partition coefficient (Wildman–Crippen LogP) is 1.33. The van der Waals surface area contributed by atoms with Crippen LogP contribution in [-0.2, 0) is 10.0 Å². The topological polar surface area (TPSA) is 102 Å². The van der Waals surface area contributed by atoms with Crippen molar-refractivity contribution in [1.82, 2.24) is 15.2 Å². The van der Waals surface area contributed by atoms with Gasteiger partial charge in [-0.3, -0.25) is 0 Å². The van der Waals surface area contributed by atoms with Gasteiger partial charge in [0.15, 0.2) is 5.82 Å². The monoisotopic (exact) mass is 280 g/mol. The number of fused-ring (bicyclic) bond motifs is 1. The first-order chi connectivity index (χ1) is 8.54. The molecular formula is C10H8N4O2S2. The molecule has 3 aromatic rings. The Morgan fingerprint density at radius 2 is 2.06 bits per heavy atom. The van der Waals surface area contributed by atoms with E-state index in [4.69, 9.17) is 5.14 Å². The van der Waals surface area contributed by atoms with E-state index >= 15 is 0 Å². The second kappa shape index (κ2) is 3.87. The van der Waals surface area contributed by atoms with Gasteiger partial charge in [0.25, 0.3) is 15.2 Å². The first-order valence-corrected chi connectivity index (χ1v) is 7.34. The maximum atomic E-state index is 11.1. The molecule has 0 saturated carbocycles. The van der Waals surface area contributed by atoms with Crippen molar-refractivity contribution < 1.29 is 8.42 Å². The van der Waals surface area contributed by atoms with Gasteiger partial charge in [0, 0.05) is 4.70 Å². The molecule has 3 N–H and O–H groups in total. The molecule has 0 fully saturated rings. The van der Waals surface area contributed by atoms with Crippen molar-refractivity contribution in [2.24, 2.45) is 5.14 Å². The average Bonchev–Trinajstić information content (AvgIpc) is 2.94. The number of nitrogens with one attached hydrogen (secondary N) is 1. The van der Waals surface area contributed by atoms with Crippen LogP contribution in [0, 0.1) is 0 Å². The average molecular weight is 280 g/mol. The molecule has 0 spiro atoms. The van der Waals surface area contributed by atoms with Gasteiger partial charge in [-0.2, -0.15) is 10.1 Å². The normalized spacial score (nSPS) is 12.1. The summed E-state index contributed by atoms with van der Waals surface area (Å²) in [5.74, 6) is 0.334. The molecule has 2 aromatic heterocycles. The number of hydrogen-bond donors (Lipinski definition) is 2. The maximum absolute atomic E-state index is 11.1. The van der Waals surface area contributed by atoms with Gasteiger partial charge in [0.1, 0.15) is 0 Å². The van der Waals surface area contributed by atoms with Crippen LogP contribution >= 0.6 is 11.3 Å². The number of aromatic amines is 1. The molecule has 8 heteroatoms.